The van der Waals surface area contributed by atoms with E-state index in [1.807, 2.05) is 18.2 Å². The van der Waals surface area contributed by atoms with Crippen LogP contribution in [0.5, 0.6) is 0 Å². The summed E-state index contributed by atoms with van der Waals surface area (Å²) in [5.41, 5.74) is 2.96. The topological polar surface area (TPSA) is 32.9 Å². The summed E-state index contributed by atoms with van der Waals surface area (Å²) in [5, 5.41) is 1.64. The van der Waals surface area contributed by atoms with E-state index in [1.165, 1.54) is 0 Å². The van der Waals surface area contributed by atoms with Crippen LogP contribution in [0.1, 0.15) is 36.3 Å². The molecule has 17 heavy (non-hydrogen) atoms. The van der Waals surface area contributed by atoms with Crippen LogP contribution in [0.25, 0.3) is 10.9 Å². The number of carbonyl (C=O) groups is 1. The number of rotatable bonds is 0. The number of Topliss-reactive ketones (excluding diaryl/α,β-unsaturated/α-hetero) is 1. The summed E-state index contributed by atoms with van der Waals surface area (Å²) in [6, 6.07) is 5.67. The number of fused-ring (bicyclic) bond motifs is 3. The molecular formula is C14H14ClNO. The fourth-order valence-corrected chi connectivity index (χ4v) is 2.91. The van der Waals surface area contributed by atoms with E-state index in [-0.39, 0.29) is 11.2 Å². The largest absolute Gasteiger partial charge is 0.358 e. The monoisotopic (exact) mass is 247 g/mol. The van der Waals surface area contributed by atoms with Gasteiger partial charge in [0.2, 0.25) is 0 Å². The van der Waals surface area contributed by atoms with Crippen molar-refractivity contribution in [3.8, 4) is 0 Å². The number of ketones is 1. The molecule has 0 amide bonds. The molecule has 1 aromatic carbocycles. The van der Waals surface area contributed by atoms with Gasteiger partial charge in [0.05, 0.1) is 0 Å². The molecule has 3 rings (SSSR count). The Labute approximate surface area is 105 Å². The highest BCUT2D eigenvalue weighted by Crippen LogP contribution is 2.38. The van der Waals surface area contributed by atoms with Crippen LogP contribution in [0.15, 0.2) is 18.2 Å². The van der Waals surface area contributed by atoms with Gasteiger partial charge in [-0.1, -0.05) is 25.4 Å². The SMILES string of the molecule is CC1(C)CC(=O)c2c([nH]c3ccc(Cl)cc23)C1. The molecule has 88 valence electrons. The van der Waals surface area contributed by atoms with Crippen molar-refractivity contribution in [1.29, 1.82) is 0 Å². The lowest BCUT2D eigenvalue weighted by Gasteiger charge is -2.28. The molecule has 2 aromatic rings. The molecule has 0 aliphatic heterocycles. The Balaban J connectivity index is 2.29. The van der Waals surface area contributed by atoms with E-state index in [9.17, 15) is 4.79 Å². The molecule has 0 bridgehead atoms. The summed E-state index contributed by atoms with van der Waals surface area (Å²) in [4.78, 5) is 15.6. The van der Waals surface area contributed by atoms with E-state index >= 15 is 0 Å². The number of carbonyl (C=O) groups excluding carboxylic acids is 1. The normalized spacial score (nSPS) is 18.4. The third-order valence-corrected chi connectivity index (χ3v) is 3.65. The maximum Gasteiger partial charge on any atom is 0.165 e. The second-order valence-corrected chi connectivity index (χ2v) is 6.05. The van der Waals surface area contributed by atoms with Gasteiger partial charge in [0.25, 0.3) is 0 Å². The van der Waals surface area contributed by atoms with Crippen LogP contribution >= 0.6 is 11.6 Å². The number of benzene rings is 1. The zero-order valence-electron chi connectivity index (χ0n) is 9.93. The zero-order chi connectivity index (χ0) is 12.2. The van der Waals surface area contributed by atoms with Crippen LogP contribution < -0.4 is 0 Å². The lowest BCUT2D eigenvalue weighted by molar-refractivity contribution is 0.0913. The second-order valence-electron chi connectivity index (χ2n) is 5.61. The number of hydrogen-bond donors (Lipinski definition) is 1. The van der Waals surface area contributed by atoms with Gasteiger partial charge in [-0.2, -0.15) is 0 Å². The van der Waals surface area contributed by atoms with Gasteiger partial charge >= 0.3 is 0 Å². The van der Waals surface area contributed by atoms with Gasteiger partial charge < -0.3 is 4.98 Å². The highest BCUT2D eigenvalue weighted by Gasteiger charge is 2.33. The maximum atomic E-state index is 12.2. The Morgan fingerprint density at radius 1 is 1.29 bits per heavy atom. The summed E-state index contributed by atoms with van der Waals surface area (Å²) in [6.45, 7) is 4.26. The number of H-pyrrole nitrogens is 1. The molecule has 1 heterocycles. The number of aromatic amines is 1. The van der Waals surface area contributed by atoms with E-state index < -0.39 is 0 Å². The summed E-state index contributed by atoms with van der Waals surface area (Å²) >= 11 is 6.00. The number of aromatic nitrogens is 1. The van der Waals surface area contributed by atoms with Crippen molar-refractivity contribution in [2.45, 2.75) is 26.7 Å². The molecule has 0 saturated heterocycles. The average molecular weight is 248 g/mol. The third-order valence-electron chi connectivity index (χ3n) is 3.41. The zero-order valence-corrected chi connectivity index (χ0v) is 10.7. The van der Waals surface area contributed by atoms with Gasteiger partial charge in [0, 0.05) is 33.6 Å². The first-order valence-electron chi connectivity index (χ1n) is 5.80. The van der Waals surface area contributed by atoms with Gasteiger partial charge in [0.1, 0.15) is 0 Å². The Bertz CT molecular complexity index is 624. The number of nitrogens with one attached hydrogen (secondary N) is 1. The quantitative estimate of drug-likeness (QED) is 0.751. The molecule has 0 fully saturated rings. The minimum atomic E-state index is 0.0504. The molecule has 0 radical (unpaired) electrons. The molecular weight excluding hydrogens is 234 g/mol. The van der Waals surface area contributed by atoms with Crippen molar-refractivity contribution >= 4 is 28.3 Å². The fraction of sp³-hybridized carbons (Fsp3) is 0.357. The molecule has 0 saturated carbocycles. The van der Waals surface area contributed by atoms with E-state index in [1.54, 1.807) is 0 Å². The lowest BCUT2D eigenvalue weighted by Crippen LogP contribution is -2.26. The predicted octanol–water partition coefficient (Wildman–Crippen LogP) is 3.98. The molecule has 2 nitrogen and oxygen atoms in total. The minimum absolute atomic E-state index is 0.0504. The average Bonchev–Trinajstić information content (AvgIpc) is 2.52. The van der Waals surface area contributed by atoms with Crippen molar-refractivity contribution in [2.75, 3.05) is 0 Å². The van der Waals surface area contributed by atoms with E-state index in [2.05, 4.69) is 18.8 Å². The Morgan fingerprint density at radius 2 is 2.06 bits per heavy atom. The van der Waals surface area contributed by atoms with Crippen LogP contribution in [0, 0.1) is 5.41 Å². The van der Waals surface area contributed by atoms with Gasteiger partial charge in [-0.05, 0) is 30.0 Å². The summed E-state index contributed by atoms with van der Waals surface area (Å²) in [7, 11) is 0. The van der Waals surface area contributed by atoms with E-state index in [0.717, 1.165) is 28.6 Å². The summed E-state index contributed by atoms with van der Waals surface area (Å²) < 4.78 is 0. The van der Waals surface area contributed by atoms with Crippen LogP contribution in [0.3, 0.4) is 0 Å². The van der Waals surface area contributed by atoms with Crippen LogP contribution in [0.4, 0.5) is 0 Å². The molecule has 3 heteroatoms. The van der Waals surface area contributed by atoms with E-state index in [4.69, 9.17) is 11.6 Å². The standard InChI is InChI=1S/C14H14ClNO/c1-14(2)6-11-13(12(17)7-14)9-5-8(15)3-4-10(9)16-11/h3-5,16H,6-7H2,1-2H3. The Morgan fingerprint density at radius 3 is 2.82 bits per heavy atom. The van der Waals surface area contributed by atoms with Crippen molar-refractivity contribution < 1.29 is 4.79 Å². The molecule has 0 spiro atoms. The Hall–Kier alpha value is -1.28. The number of halogens is 1. The smallest absolute Gasteiger partial charge is 0.165 e. The van der Waals surface area contributed by atoms with Crippen molar-refractivity contribution in [3.63, 3.8) is 0 Å². The van der Waals surface area contributed by atoms with Gasteiger partial charge in [-0.3, -0.25) is 4.79 Å². The minimum Gasteiger partial charge on any atom is -0.358 e. The fourth-order valence-electron chi connectivity index (χ4n) is 2.74. The summed E-state index contributed by atoms with van der Waals surface area (Å²) in [5.74, 6) is 0.227. The molecule has 1 N–H and O–H groups in total. The third kappa shape index (κ3) is 1.67. The molecule has 0 unspecified atom stereocenters. The predicted molar refractivity (Wildman–Crippen MR) is 69.7 cm³/mol. The maximum absolute atomic E-state index is 12.2. The molecule has 1 aromatic heterocycles. The molecule has 1 aliphatic carbocycles. The van der Waals surface area contributed by atoms with E-state index in [0.29, 0.717) is 11.4 Å². The van der Waals surface area contributed by atoms with Crippen molar-refractivity contribution in [3.05, 3.63) is 34.5 Å². The van der Waals surface area contributed by atoms with Crippen molar-refractivity contribution in [2.24, 2.45) is 5.41 Å². The number of hydrogen-bond acceptors (Lipinski definition) is 1. The van der Waals surface area contributed by atoms with Crippen molar-refractivity contribution in [1.82, 2.24) is 4.98 Å². The van der Waals surface area contributed by atoms with Gasteiger partial charge in [-0.25, -0.2) is 0 Å². The van der Waals surface area contributed by atoms with Gasteiger partial charge in [-0.15, -0.1) is 0 Å². The first kappa shape index (κ1) is 10.8. The van der Waals surface area contributed by atoms with Crippen LogP contribution in [-0.4, -0.2) is 10.8 Å². The first-order valence-corrected chi connectivity index (χ1v) is 6.17. The summed E-state index contributed by atoms with van der Waals surface area (Å²) in [6.07, 6.45) is 1.53. The van der Waals surface area contributed by atoms with Gasteiger partial charge in [0.15, 0.2) is 5.78 Å². The highest BCUT2D eigenvalue weighted by molar-refractivity contribution is 6.31. The Kier molecular flexibility index (Phi) is 2.14. The second kappa shape index (κ2) is 3.36. The van der Waals surface area contributed by atoms with Crippen LogP contribution in [-0.2, 0) is 6.42 Å². The molecule has 0 atom stereocenters. The highest BCUT2D eigenvalue weighted by atomic mass is 35.5. The molecule has 1 aliphatic rings. The first-order chi connectivity index (χ1) is 7.96. The van der Waals surface area contributed by atoms with Crippen LogP contribution in [0.2, 0.25) is 5.02 Å². The lowest BCUT2D eigenvalue weighted by atomic mass is 9.76.